The van der Waals surface area contributed by atoms with E-state index in [1.807, 2.05) is 27.7 Å². The monoisotopic (exact) mass is 294 g/mol. The predicted octanol–water partition coefficient (Wildman–Crippen LogP) is 1.81. The molecule has 0 radical (unpaired) electrons. The van der Waals surface area contributed by atoms with Crippen LogP contribution in [0.1, 0.15) is 62.8 Å². The highest BCUT2D eigenvalue weighted by Crippen LogP contribution is 2.18. The number of amides is 1. The van der Waals surface area contributed by atoms with E-state index in [1.54, 1.807) is 4.90 Å². The van der Waals surface area contributed by atoms with E-state index in [2.05, 4.69) is 9.97 Å². The van der Waals surface area contributed by atoms with E-state index in [0.717, 1.165) is 12.8 Å². The average molecular weight is 294 g/mol. The molecule has 0 saturated carbocycles. The third-order valence-corrected chi connectivity index (χ3v) is 3.54. The van der Waals surface area contributed by atoms with Crippen molar-refractivity contribution in [2.45, 2.75) is 52.5 Å². The topological polar surface area (TPSA) is 92.3 Å². The van der Waals surface area contributed by atoms with E-state index in [4.69, 9.17) is 5.73 Å². The summed E-state index contributed by atoms with van der Waals surface area (Å²) in [5, 5.41) is 9.23. The Morgan fingerprint density at radius 3 is 2.48 bits per heavy atom. The second-order valence-electron chi connectivity index (χ2n) is 5.38. The van der Waals surface area contributed by atoms with Crippen LogP contribution in [0, 0.1) is 0 Å². The van der Waals surface area contributed by atoms with Crippen LogP contribution in [-0.2, 0) is 0 Å². The summed E-state index contributed by atoms with van der Waals surface area (Å²) in [5.41, 5.74) is 6.38. The number of nitrogen functional groups attached to an aromatic ring is 1. The Morgan fingerprint density at radius 1 is 1.38 bits per heavy atom. The van der Waals surface area contributed by atoms with Crippen molar-refractivity contribution in [2.24, 2.45) is 0 Å². The van der Waals surface area contributed by atoms with Crippen LogP contribution in [0.2, 0.25) is 0 Å². The van der Waals surface area contributed by atoms with Gasteiger partial charge in [-0.1, -0.05) is 27.7 Å². The lowest BCUT2D eigenvalue weighted by Crippen LogP contribution is -2.42. The zero-order chi connectivity index (χ0) is 16.0. The number of aromatic nitrogens is 2. The first kappa shape index (κ1) is 17.4. The Balaban J connectivity index is 3.16. The van der Waals surface area contributed by atoms with Gasteiger partial charge in [0.25, 0.3) is 5.91 Å². The number of hydrogen-bond acceptors (Lipinski definition) is 5. The van der Waals surface area contributed by atoms with E-state index in [1.165, 1.54) is 6.20 Å². The van der Waals surface area contributed by atoms with Gasteiger partial charge in [-0.2, -0.15) is 0 Å². The van der Waals surface area contributed by atoms with E-state index >= 15 is 0 Å². The summed E-state index contributed by atoms with van der Waals surface area (Å²) in [4.78, 5) is 22.9. The molecule has 1 amide bonds. The normalized spacial score (nSPS) is 11.2. The van der Waals surface area contributed by atoms with Crippen LogP contribution < -0.4 is 5.73 Å². The quantitative estimate of drug-likeness (QED) is 0.800. The van der Waals surface area contributed by atoms with Crippen LogP contribution in [0.25, 0.3) is 0 Å². The molecule has 0 aromatic carbocycles. The molecule has 0 spiro atoms. The number of carbonyl (C=O) groups is 1. The first-order valence-electron chi connectivity index (χ1n) is 7.50. The van der Waals surface area contributed by atoms with Crippen LogP contribution in [0.3, 0.4) is 0 Å². The SMILES string of the molecule is CCC(CC)N(CCO)C(=O)c1nc(C(C)C)ncc1N. The van der Waals surface area contributed by atoms with Gasteiger partial charge in [-0.3, -0.25) is 4.79 Å². The molecule has 0 atom stereocenters. The molecule has 118 valence electrons. The minimum Gasteiger partial charge on any atom is -0.396 e. The fraction of sp³-hybridized carbons (Fsp3) is 0.667. The molecule has 0 fully saturated rings. The second-order valence-corrected chi connectivity index (χ2v) is 5.38. The molecular weight excluding hydrogens is 268 g/mol. The maximum atomic E-state index is 12.7. The zero-order valence-electron chi connectivity index (χ0n) is 13.3. The molecular formula is C15H26N4O2. The molecule has 21 heavy (non-hydrogen) atoms. The summed E-state index contributed by atoms with van der Waals surface area (Å²) in [7, 11) is 0. The Morgan fingerprint density at radius 2 is 2.00 bits per heavy atom. The Bertz CT molecular complexity index is 473. The van der Waals surface area contributed by atoms with Gasteiger partial charge in [0.15, 0.2) is 5.69 Å². The largest absolute Gasteiger partial charge is 0.396 e. The van der Waals surface area contributed by atoms with Crippen molar-refractivity contribution in [1.29, 1.82) is 0 Å². The van der Waals surface area contributed by atoms with Gasteiger partial charge in [0, 0.05) is 18.5 Å². The molecule has 1 aromatic heterocycles. The highest BCUT2D eigenvalue weighted by Gasteiger charge is 2.25. The van der Waals surface area contributed by atoms with E-state index in [-0.39, 0.29) is 42.4 Å². The standard InChI is InChI=1S/C15H26N4O2/c1-5-11(6-2)19(7-8-20)15(21)13-12(16)9-17-14(18-13)10(3)4/h9-11,20H,5-8,16H2,1-4H3. The van der Waals surface area contributed by atoms with Crippen molar-refractivity contribution >= 4 is 11.6 Å². The third-order valence-electron chi connectivity index (χ3n) is 3.54. The van der Waals surface area contributed by atoms with Gasteiger partial charge in [0.2, 0.25) is 0 Å². The number of hydrogen-bond donors (Lipinski definition) is 2. The lowest BCUT2D eigenvalue weighted by atomic mass is 10.1. The first-order valence-corrected chi connectivity index (χ1v) is 7.50. The molecule has 1 rings (SSSR count). The molecule has 0 aliphatic heterocycles. The van der Waals surface area contributed by atoms with Crippen LogP contribution in [0.5, 0.6) is 0 Å². The second kappa shape index (κ2) is 7.93. The summed E-state index contributed by atoms with van der Waals surface area (Å²) >= 11 is 0. The van der Waals surface area contributed by atoms with Gasteiger partial charge < -0.3 is 15.7 Å². The molecule has 1 aromatic rings. The molecule has 0 bridgehead atoms. The highest BCUT2D eigenvalue weighted by molar-refractivity contribution is 5.97. The van der Waals surface area contributed by atoms with Gasteiger partial charge in [-0.25, -0.2) is 9.97 Å². The number of aliphatic hydroxyl groups is 1. The summed E-state index contributed by atoms with van der Waals surface area (Å²) in [6.07, 6.45) is 3.13. The lowest BCUT2D eigenvalue weighted by Gasteiger charge is -2.30. The number of nitrogens with two attached hydrogens (primary N) is 1. The van der Waals surface area contributed by atoms with E-state index in [0.29, 0.717) is 5.82 Å². The molecule has 0 saturated heterocycles. The predicted molar refractivity (Wildman–Crippen MR) is 83.0 cm³/mol. The van der Waals surface area contributed by atoms with Gasteiger partial charge in [-0.05, 0) is 12.8 Å². The van der Waals surface area contributed by atoms with Crippen molar-refractivity contribution < 1.29 is 9.90 Å². The van der Waals surface area contributed by atoms with Crippen molar-refractivity contribution in [1.82, 2.24) is 14.9 Å². The van der Waals surface area contributed by atoms with Crippen molar-refractivity contribution in [2.75, 3.05) is 18.9 Å². The molecule has 0 unspecified atom stereocenters. The van der Waals surface area contributed by atoms with Gasteiger partial charge in [0.05, 0.1) is 18.5 Å². The molecule has 0 aliphatic rings. The maximum Gasteiger partial charge on any atom is 0.275 e. The molecule has 0 aliphatic carbocycles. The van der Waals surface area contributed by atoms with Crippen molar-refractivity contribution in [3.63, 3.8) is 0 Å². The van der Waals surface area contributed by atoms with Gasteiger partial charge in [0.1, 0.15) is 5.82 Å². The molecule has 6 heteroatoms. The van der Waals surface area contributed by atoms with E-state index in [9.17, 15) is 9.90 Å². The number of carbonyl (C=O) groups excluding carboxylic acids is 1. The third kappa shape index (κ3) is 4.14. The van der Waals surface area contributed by atoms with Crippen LogP contribution >= 0.6 is 0 Å². The van der Waals surface area contributed by atoms with Gasteiger partial charge in [-0.15, -0.1) is 0 Å². The van der Waals surface area contributed by atoms with Crippen LogP contribution in [0.4, 0.5) is 5.69 Å². The van der Waals surface area contributed by atoms with Crippen molar-refractivity contribution in [3.05, 3.63) is 17.7 Å². The first-order chi connectivity index (χ1) is 9.96. The number of aliphatic hydroxyl groups excluding tert-OH is 1. The summed E-state index contributed by atoms with van der Waals surface area (Å²) < 4.78 is 0. The Labute approximate surface area is 126 Å². The minimum atomic E-state index is -0.237. The van der Waals surface area contributed by atoms with Crippen LogP contribution in [0.15, 0.2) is 6.20 Å². The van der Waals surface area contributed by atoms with E-state index < -0.39 is 0 Å². The number of nitrogens with zero attached hydrogens (tertiary/aromatic N) is 3. The Kier molecular flexibility index (Phi) is 6.55. The summed E-state index contributed by atoms with van der Waals surface area (Å²) in [6.45, 7) is 8.18. The van der Waals surface area contributed by atoms with Crippen LogP contribution in [-0.4, -0.2) is 45.1 Å². The number of rotatable bonds is 7. The molecule has 3 N–H and O–H groups in total. The summed E-state index contributed by atoms with van der Waals surface area (Å²) in [5.74, 6) is 0.484. The molecule has 6 nitrogen and oxygen atoms in total. The highest BCUT2D eigenvalue weighted by atomic mass is 16.3. The average Bonchev–Trinajstić information content (AvgIpc) is 2.47. The smallest absolute Gasteiger partial charge is 0.275 e. The Hall–Kier alpha value is -1.69. The summed E-state index contributed by atoms with van der Waals surface area (Å²) in [6, 6.07) is 0.0708. The van der Waals surface area contributed by atoms with Gasteiger partial charge >= 0.3 is 0 Å². The van der Waals surface area contributed by atoms with Crippen molar-refractivity contribution in [3.8, 4) is 0 Å². The number of anilines is 1. The maximum absolute atomic E-state index is 12.7. The molecule has 1 heterocycles. The fourth-order valence-corrected chi connectivity index (χ4v) is 2.28. The lowest BCUT2D eigenvalue weighted by molar-refractivity contribution is 0.0617. The zero-order valence-corrected chi connectivity index (χ0v) is 13.3. The fourth-order valence-electron chi connectivity index (χ4n) is 2.28. The minimum absolute atomic E-state index is 0.0708.